The maximum atomic E-state index is 2.00. The lowest BCUT2D eigenvalue weighted by Crippen LogP contribution is -1.99. The van der Waals surface area contributed by atoms with Gasteiger partial charge in [0.1, 0.15) is 0 Å². The van der Waals surface area contributed by atoms with Crippen molar-refractivity contribution in [1.29, 1.82) is 0 Å². The summed E-state index contributed by atoms with van der Waals surface area (Å²) in [6.07, 6.45) is 0. The molecule has 0 bridgehead atoms. The Morgan fingerprint density at radius 2 is 0.833 bits per heavy atom. The highest BCUT2D eigenvalue weighted by molar-refractivity contribution is 4.09. The first-order valence-corrected chi connectivity index (χ1v) is 2.34. The Kier molecular flexibility index (Phi) is 13.8. The third-order valence-corrected chi connectivity index (χ3v) is 0. The maximum absolute atomic E-state index is 2.00. The average molecular weight is 89.2 g/mol. The van der Waals surface area contributed by atoms with Gasteiger partial charge in [-0.25, -0.2) is 0 Å². The average Bonchev–Trinajstić information content (AvgIpc) is 1.41. The minimum atomic E-state index is 2.00. The molecule has 0 aliphatic carbocycles. The molecule has 0 aromatic carbocycles. The van der Waals surface area contributed by atoms with E-state index >= 15 is 0 Å². The Balaban J connectivity index is 0. The van der Waals surface area contributed by atoms with Crippen molar-refractivity contribution in [2.45, 2.75) is 13.8 Å². The molecule has 0 radical (unpaired) electrons. The van der Waals surface area contributed by atoms with Crippen molar-refractivity contribution in [2.24, 2.45) is 0 Å². The molecule has 0 N–H and O–H groups in total. The first kappa shape index (κ1) is 9.35. The van der Waals surface area contributed by atoms with Crippen LogP contribution in [-0.4, -0.2) is 26.0 Å². The van der Waals surface area contributed by atoms with Crippen LogP contribution in [0.3, 0.4) is 0 Å². The molecular formula is C5H15N. The van der Waals surface area contributed by atoms with E-state index in [0.717, 1.165) is 0 Å². The molecule has 1 nitrogen and oxygen atoms in total. The fourth-order valence-corrected chi connectivity index (χ4v) is 0. The SMILES string of the molecule is CC.CN(C)C. The van der Waals surface area contributed by atoms with Crippen LogP contribution in [0.5, 0.6) is 0 Å². The van der Waals surface area contributed by atoms with Crippen molar-refractivity contribution >= 4 is 0 Å². The van der Waals surface area contributed by atoms with Gasteiger partial charge >= 0.3 is 0 Å². The minimum Gasteiger partial charge on any atom is -0.312 e. The van der Waals surface area contributed by atoms with Gasteiger partial charge in [-0.3, -0.25) is 0 Å². The molecule has 0 atom stereocenters. The summed E-state index contributed by atoms with van der Waals surface area (Å²) in [4.78, 5) is 2.00. The van der Waals surface area contributed by atoms with Crippen molar-refractivity contribution in [3.05, 3.63) is 0 Å². The van der Waals surface area contributed by atoms with Crippen molar-refractivity contribution in [2.75, 3.05) is 21.1 Å². The topological polar surface area (TPSA) is 3.24 Å². The van der Waals surface area contributed by atoms with E-state index in [1.54, 1.807) is 0 Å². The summed E-state index contributed by atoms with van der Waals surface area (Å²) < 4.78 is 0. The van der Waals surface area contributed by atoms with E-state index in [0.29, 0.717) is 0 Å². The second-order valence-electron chi connectivity index (χ2n) is 1.34. The van der Waals surface area contributed by atoms with Crippen LogP contribution >= 0.6 is 0 Å². The summed E-state index contributed by atoms with van der Waals surface area (Å²) >= 11 is 0. The van der Waals surface area contributed by atoms with E-state index in [9.17, 15) is 0 Å². The highest BCUT2D eigenvalue weighted by atomic mass is 15.0. The van der Waals surface area contributed by atoms with Gasteiger partial charge in [0.2, 0.25) is 0 Å². The summed E-state index contributed by atoms with van der Waals surface area (Å²) in [5.74, 6) is 0. The van der Waals surface area contributed by atoms with Gasteiger partial charge in [0, 0.05) is 0 Å². The van der Waals surface area contributed by atoms with Gasteiger partial charge < -0.3 is 4.90 Å². The predicted octanol–water partition coefficient (Wildman–Crippen LogP) is 1.20. The molecule has 0 unspecified atom stereocenters. The normalized spacial score (nSPS) is 7.00. The number of hydrogen-bond donors (Lipinski definition) is 0. The van der Waals surface area contributed by atoms with Crippen LogP contribution in [0.2, 0.25) is 0 Å². The van der Waals surface area contributed by atoms with Gasteiger partial charge in [-0.2, -0.15) is 0 Å². The van der Waals surface area contributed by atoms with E-state index in [-0.39, 0.29) is 0 Å². The molecule has 0 aromatic heterocycles. The van der Waals surface area contributed by atoms with E-state index in [4.69, 9.17) is 0 Å². The van der Waals surface area contributed by atoms with E-state index in [1.165, 1.54) is 0 Å². The van der Waals surface area contributed by atoms with Crippen LogP contribution in [0.1, 0.15) is 13.8 Å². The van der Waals surface area contributed by atoms with Crippen molar-refractivity contribution in [3.8, 4) is 0 Å². The van der Waals surface area contributed by atoms with Crippen molar-refractivity contribution in [1.82, 2.24) is 4.90 Å². The predicted molar refractivity (Wildman–Crippen MR) is 31.0 cm³/mol. The van der Waals surface area contributed by atoms with Crippen LogP contribution in [-0.2, 0) is 0 Å². The molecule has 0 aliphatic rings. The highest BCUT2D eigenvalue weighted by Gasteiger charge is 1.58. The minimum absolute atomic E-state index is 2.00. The summed E-state index contributed by atoms with van der Waals surface area (Å²) in [5, 5.41) is 0. The molecule has 0 spiro atoms. The summed E-state index contributed by atoms with van der Waals surface area (Å²) in [6.45, 7) is 4.00. The van der Waals surface area contributed by atoms with E-state index in [1.807, 2.05) is 39.9 Å². The number of nitrogens with zero attached hydrogens (tertiary/aromatic N) is 1. The Hall–Kier alpha value is -0.0400. The fraction of sp³-hybridized carbons (Fsp3) is 1.00. The molecule has 0 fully saturated rings. The Morgan fingerprint density at radius 1 is 0.833 bits per heavy atom. The van der Waals surface area contributed by atoms with Crippen LogP contribution in [0.25, 0.3) is 0 Å². The van der Waals surface area contributed by atoms with E-state index in [2.05, 4.69) is 0 Å². The van der Waals surface area contributed by atoms with Gasteiger partial charge in [-0.1, -0.05) is 13.8 Å². The zero-order valence-corrected chi connectivity index (χ0v) is 5.45. The standard InChI is InChI=1S/C3H9N.C2H6/c1-4(2)3;1-2/h1-3H3;1-2H3. The molecule has 0 amide bonds. The lowest BCUT2D eigenvalue weighted by molar-refractivity contribution is 0.505. The van der Waals surface area contributed by atoms with Crippen LogP contribution in [0.15, 0.2) is 0 Å². The first-order chi connectivity index (χ1) is 2.73. The van der Waals surface area contributed by atoms with Crippen molar-refractivity contribution in [3.63, 3.8) is 0 Å². The summed E-state index contributed by atoms with van der Waals surface area (Å²) in [7, 11) is 6.00. The molecule has 1 heteroatoms. The molecule has 40 valence electrons. The zero-order chi connectivity index (χ0) is 5.58. The van der Waals surface area contributed by atoms with Gasteiger partial charge in [0.15, 0.2) is 0 Å². The molecule has 0 heterocycles. The molecule has 0 aliphatic heterocycles. The van der Waals surface area contributed by atoms with Gasteiger partial charge in [-0.15, -0.1) is 0 Å². The van der Waals surface area contributed by atoms with Crippen LogP contribution < -0.4 is 0 Å². The maximum Gasteiger partial charge on any atom is -0.0140 e. The second kappa shape index (κ2) is 8.88. The van der Waals surface area contributed by atoms with Gasteiger partial charge in [0.25, 0.3) is 0 Å². The first-order valence-electron chi connectivity index (χ1n) is 2.34. The second-order valence-corrected chi connectivity index (χ2v) is 1.34. The number of rotatable bonds is 0. The van der Waals surface area contributed by atoms with Crippen molar-refractivity contribution < 1.29 is 0 Å². The third kappa shape index (κ3) is 21700. The third-order valence-electron chi connectivity index (χ3n) is 0. The molecule has 0 aromatic rings. The van der Waals surface area contributed by atoms with E-state index < -0.39 is 0 Å². The number of hydrogen-bond acceptors (Lipinski definition) is 1. The molecule has 0 rings (SSSR count). The highest BCUT2D eigenvalue weighted by Crippen LogP contribution is 1.47. The fourth-order valence-electron chi connectivity index (χ4n) is 0. The Labute approximate surface area is 41.0 Å². The smallest absolute Gasteiger partial charge is 0.0140 e. The Bertz CT molecular complexity index is 8.66. The molecule has 0 saturated heterocycles. The summed E-state index contributed by atoms with van der Waals surface area (Å²) in [6, 6.07) is 0. The molecular weight excluding hydrogens is 74.1 g/mol. The zero-order valence-electron chi connectivity index (χ0n) is 5.45. The van der Waals surface area contributed by atoms with Gasteiger partial charge in [-0.05, 0) is 21.1 Å². The quantitative estimate of drug-likeness (QED) is 0.431. The van der Waals surface area contributed by atoms with Gasteiger partial charge in [0.05, 0.1) is 0 Å². The van der Waals surface area contributed by atoms with Crippen LogP contribution in [0, 0.1) is 0 Å². The van der Waals surface area contributed by atoms with Crippen LogP contribution in [0.4, 0.5) is 0 Å². The monoisotopic (exact) mass is 89.1 g/mol. The lowest BCUT2D eigenvalue weighted by atomic mass is 11.0. The lowest BCUT2D eigenvalue weighted by Gasteiger charge is -1.90. The molecule has 6 heavy (non-hydrogen) atoms. The summed E-state index contributed by atoms with van der Waals surface area (Å²) in [5.41, 5.74) is 0. The Morgan fingerprint density at radius 3 is 0.833 bits per heavy atom. The largest absolute Gasteiger partial charge is 0.312 e. The molecule has 0 saturated carbocycles.